The number of aromatic carboxylic acids is 1. The number of hydrogen-bond donors (Lipinski definition) is 1. The number of carboxylic acids is 1. The van der Waals surface area contributed by atoms with Crippen molar-refractivity contribution in [2.24, 2.45) is 0 Å². The maximum absolute atomic E-state index is 14.4. The normalized spacial score (nSPS) is 19.5. The Morgan fingerprint density at radius 3 is 2.62 bits per heavy atom. The molecule has 1 N–H and O–H groups in total. The molecule has 1 saturated heterocycles. The van der Waals surface area contributed by atoms with Crippen LogP contribution in [0.25, 0.3) is 0 Å². The van der Waals surface area contributed by atoms with Crippen LogP contribution in [-0.2, 0) is 4.79 Å². The quantitative estimate of drug-likeness (QED) is 0.578. The summed E-state index contributed by atoms with van der Waals surface area (Å²) in [6.45, 7) is 9.74. The van der Waals surface area contributed by atoms with E-state index in [4.69, 9.17) is 4.74 Å². The molecule has 7 heteroatoms. The largest absolute Gasteiger partial charge is 0.484 e. The van der Waals surface area contributed by atoms with Crippen LogP contribution in [0.2, 0.25) is 0 Å². The number of aryl methyl sites for hydroxylation is 1. The topological polar surface area (TPSA) is 70.1 Å². The molecule has 1 aliphatic carbocycles. The summed E-state index contributed by atoms with van der Waals surface area (Å²) in [5.74, 6) is -0.480. The third-order valence-electron chi connectivity index (χ3n) is 6.71. The minimum atomic E-state index is -0.938. The Hall–Kier alpha value is -3.19. The predicted molar refractivity (Wildman–Crippen MR) is 128 cm³/mol. The van der Waals surface area contributed by atoms with Crippen molar-refractivity contribution in [3.63, 3.8) is 0 Å². The molecule has 2 atom stereocenters. The second-order valence-corrected chi connectivity index (χ2v) is 9.29. The average molecular weight is 467 g/mol. The maximum atomic E-state index is 14.4. The Morgan fingerprint density at radius 2 is 2.00 bits per heavy atom. The third kappa shape index (κ3) is 5.30. The lowest BCUT2D eigenvalue weighted by molar-refractivity contribution is -0.130. The summed E-state index contributed by atoms with van der Waals surface area (Å²) in [5.41, 5.74) is 2.39. The molecule has 6 nitrogen and oxygen atoms in total. The van der Waals surface area contributed by atoms with Gasteiger partial charge in [0.2, 0.25) is 5.91 Å². The molecule has 1 amide bonds. The smallest absolute Gasteiger partial charge is 0.335 e. The summed E-state index contributed by atoms with van der Waals surface area (Å²) < 4.78 is 20.8. The van der Waals surface area contributed by atoms with Crippen molar-refractivity contribution >= 4 is 11.9 Å². The van der Waals surface area contributed by atoms with Gasteiger partial charge in [-0.15, -0.1) is 0 Å². The minimum Gasteiger partial charge on any atom is -0.484 e. The number of halogens is 1. The van der Waals surface area contributed by atoms with Gasteiger partial charge in [-0.3, -0.25) is 9.69 Å². The zero-order valence-corrected chi connectivity index (χ0v) is 19.7. The lowest BCUT2D eigenvalue weighted by Crippen LogP contribution is -2.54. The van der Waals surface area contributed by atoms with Crippen LogP contribution in [0.3, 0.4) is 0 Å². The molecule has 0 aromatic heterocycles. The molecule has 1 saturated carbocycles. The van der Waals surface area contributed by atoms with Crippen LogP contribution in [0.1, 0.15) is 58.8 Å². The predicted octanol–water partition coefficient (Wildman–Crippen LogP) is 4.55. The van der Waals surface area contributed by atoms with Gasteiger partial charge in [0, 0.05) is 32.2 Å². The molecule has 0 spiro atoms. The number of hydrogen-bond acceptors (Lipinski definition) is 4. The summed E-state index contributed by atoms with van der Waals surface area (Å²) in [7, 11) is 0. The van der Waals surface area contributed by atoms with Crippen molar-refractivity contribution in [2.45, 2.75) is 44.8 Å². The van der Waals surface area contributed by atoms with Crippen molar-refractivity contribution in [2.75, 3.05) is 26.2 Å². The van der Waals surface area contributed by atoms with E-state index >= 15 is 0 Å². The number of carbonyl (C=O) groups is 2. The Bertz CT molecular complexity index is 1100. The fourth-order valence-corrected chi connectivity index (χ4v) is 4.60. The van der Waals surface area contributed by atoms with E-state index in [1.807, 2.05) is 19.1 Å². The molecule has 180 valence electrons. The molecular weight excluding hydrogens is 435 g/mol. The van der Waals surface area contributed by atoms with Crippen LogP contribution < -0.4 is 4.74 Å². The molecule has 0 bridgehead atoms. The van der Waals surface area contributed by atoms with Crippen molar-refractivity contribution in [3.05, 3.63) is 77.1 Å². The van der Waals surface area contributed by atoms with E-state index < -0.39 is 12.1 Å². The molecule has 2 aromatic carbocycles. The van der Waals surface area contributed by atoms with E-state index in [2.05, 4.69) is 11.5 Å². The summed E-state index contributed by atoms with van der Waals surface area (Å²) in [5, 5.41) is 9.55. The van der Waals surface area contributed by atoms with Crippen LogP contribution in [0.4, 0.5) is 4.39 Å². The van der Waals surface area contributed by atoms with Gasteiger partial charge in [0.1, 0.15) is 17.7 Å². The lowest BCUT2D eigenvalue weighted by atomic mass is 10.0. The van der Waals surface area contributed by atoms with Crippen LogP contribution in [0.15, 0.2) is 49.1 Å². The highest BCUT2D eigenvalue weighted by Crippen LogP contribution is 2.43. The molecule has 2 aromatic rings. The average Bonchev–Trinajstić information content (AvgIpc) is 3.65. The van der Waals surface area contributed by atoms with Gasteiger partial charge in [0.05, 0.1) is 5.56 Å². The fourth-order valence-electron chi connectivity index (χ4n) is 4.60. The van der Waals surface area contributed by atoms with E-state index in [-0.39, 0.29) is 23.7 Å². The van der Waals surface area contributed by atoms with Crippen LogP contribution in [0.5, 0.6) is 5.75 Å². The Kier molecular flexibility index (Phi) is 7.03. The fraction of sp³-hybridized carbons (Fsp3) is 0.407. The number of carboxylic acid groups (broad SMARTS) is 1. The van der Waals surface area contributed by atoms with Crippen molar-refractivity contribution < 1.29 is 23.8 Å². The first-order chi connectivity index (χ1) is 16.3. The van der Waals surface area contributed by atoms with Crippen molar-refractivity contribution in [1.29, 1.82) is 0 Å². The summed E-state index contributed by atoms with van der Waals surface area (Å²) >= 11 is 0. The minimum absolute atomic E-state index is 0.0194. The third-order valence-corrected chi connectivity index (χ3v) is 6.71. The summed E-state index contributed by atoms with van der Waals surface area (Å²) in [6, 6.07) is 10.2. The van der Waals surface area contributed by atoms with Gasteiger partial charge >= 0.3 is 5.97 Å². The zero-order valence-electron chi connectivity index (χ0n) is 19.7. The van der Waals surface area contributed by atoms with E-state index in [9.17, 15) is 19.1 Å². The summed E-state index contributed by atoms with van der Waals surface area (Å²) in [6.07, 6.45) is 2.83. The van der Waals surface area contributed by atoms with E-state index in [0.29, 0.717) is 43.1 Å². The van der Waals surface area contributed by atoms with E-state index in [1.54, 1.807) is 30.0 Å². The van der Waals surface area contributed by atoms with Crippen molar-refractivity contribution in [1.82, 2.24) is 9.80 Å². The van der Waals surface area contributed by atoms with Gasteiger partial charge < -0.3 is 14.7 Å². The molecule has 2 aliphatic rings. The number of carbonyl (C=O) groups excluding carboxylic acids is 1. The van der Waals surface area contributed by atoms with E-state index in [0.717, 1.165) is 24.0 Å². The number of rotatable bonds is 8. The van der Waals surface area contributed by atoms with Gasteiger partial charge in [0.25, 0.3) is 0 Å². The Balaban J connectivity index is 1.57. The maximum Gasteiger partial charge on any atom is 0.335 e. The molecule has 0 radical (unpaired) electrons. The number of amides is 1. The number of ether oxygens (including phenoxy) is 1. The standard InChI is InChI=1S/C27H31FN2O4/c1-4-26(31)30-12-11-29(15-18(30)3)16-25(20-6-5-17(2)24(28)13-20)34-21-9-10-22(27(32)33)23(14-21)19-7-8-19/h4-6,9-10,13-14,18-19,25H,1,7-8,11-12,15-16H2,2-3H3,(H,32,33)/t18-,25?/m1/s1. The Morgan fingerprint density at radius 1 is 1.24 bits per heavy atom. The molecule has 4 rings (SSSR count). The second kappa shape index (κ2) is 9.97. The lowest BCUT2D eigenvalue weighted by Gasteiger charge is -2.40. The highest BCUT2D eigenvalue weighted by atomic mass is 19.1. The van der Waals surface area contributed by atoms with Gasteiger partial charge in [-0.1, -0.05) is 18.7 Å². The molecule has 1 aliphatic heterocycles. The van der Waals surface area contributed by atoms with Gasteiger partial charge in [0.15, 0.2) is 0 Å². The first kappa shape index (κ1) is 24.0. The molecular formula is C27H31FN2O4. The SMILES string of the molecule is C=CC(=O)N1CCN(CC(Oc2ccc(C(=O)O)c(C3CC3)c2)c2ccc(C)c(F)c2)C[C@H]1C. The molecule has 34 heavy (non-hydrogen) atoms. The molecule has 1 heterocycles. The van der Waals surface area contributed by atoms with Crippen LogP contribution in [-0.4, -0.2) is 59.0 Å². The van der Waals surface area contributed by atoms with Crippen LogP contribution >= 0.6 is 0 Å². The summed E-state index contributed by atoms with van der Waals surface area (Å²) in [4.78, 5) is 27.8. The molecule has 1 unspecified atom stereocenters. The highest BCUT2D eigenvalue weighted by molar-refractivity contribution is 5.90. The monoisotopic (exact) mass is 466 g/mol. The van der Waals surface area contributed by atoms with Crippen LogP contribution in [0, 0.1) is 12.7 Å². The molecule has 2 fully saturated rings. The second-order valence-electron chi connectivity index (χ2n) is 9.29. The first-order valence-electron chi connectivity index (χ1n) is 11.7. The van der Waals surface area contributed by atoms with Crippen molar-refractivity contribution in [3.8, 4) is 5.75 Å². The van der Waals surface area contributed by atoms with Gasteiger partial charge in [-0.2, -0.15) is 0 Å². The van der Waals surface area contributed by atoms with Gasteiger partial charge in [-0.05, 0) is 79.6 Å². The Labute approximate surface area is 199 Å². The first-order valence-corrected chi connectivity index (χ1v) is 11.7. The number of piperazine rings is 1. The van der Waals surface area contributed by atoms with Gasteiger partial charge in [-0.25, -0.2) is 9.18 Å². The zero-order chi connectivity index (χ0) is 24.4. The number of benzene rings is 2. The highest BCUT2D eigenvalue weighted by Gasteiger charge is 2.31. The number of nitrogens with zero attached hydrogens (tertiary/aromatic N) is 2. The van der Waals surface area contributed by atoms with E-state index in [1.165, 1.54) is 12.1 Å².